The molecule has 0 aromatic carbocycles. The summed E-state index contributed by atoms with van der Waals surface area (Å²) in [6.07, 6.45) is 3.07. The molecule has 0 N–H and O–H groups in total. The van der Waals surface area contributed by atoms with Gasteiger partial charge in [-0.3, -0.25) is 4.90 Å². The van der Waals surface area contributed by atoms with E-state index in [4.69, 9.17) is 0 Å². The number of aromatic nitrogens is 1. The van der Waals surface area contributed by atoms with Crippen LogP contribution in [0.5, 0.6) is 0 Å². The second-order valence-corrected chi connectivity index (χ2v) is 4.99. The van der Waals surface area contributed by atoms with E-state index in [0.29, 0.717) is 6.04 Å². The van der Waals surface area contributed by atoms with Crippen molar-refractivity contribution in [2.75, 3.05) is 31.1 Å². The van der Waals surface area contributed by atoms with Gasteiger partial charge in [0, 0.05) is 38.4 Å². The molecule has 0 spiro atoms. The number of piperazine rings is 1. The molecule has 1 fully saturated rings. The van der Waals surface area contributed by atoms with Crippen LogP contribution in [-0.2, 0) is 6.42 Å². The van der Waals surface area contributed by atoms with E-state index in [1.165, 1.54) is 5.56 Å². The summed E-state index contributed by atoms with van der Waals surface area (Å²) in [4.78, 5) is 9.46. The van der Waals surface area contributed by atoms with Gasteiger partial charge in [-0.05, 0) is 31.9 Å². The first-order valence-corrected chi connectivity index (χ1v) is 6.64. The van der Waals surface area contributed by atoms with Crippen molar-refractivity contribution in [3.8, 4) is 0 Å². The molecule has 1 aromatic heterocycles. The number of rotatable bonds is 3. The quantitative estimate of drug-likeness (QED) is 0.797. The molecular weight excluding hydrogens is 210 g/mol. The van der Waals surface area contributed by atoms with Gasteiger partial charge in [0.15, 0.2) is 0 Å². The number of nitrogens with zero attached hydrogens (tertiary/aromatic N) is 3. The van der Waals surface area contributed by atoms with E-state index in [2.05, 4.69) is 47.7 Å². The molecule has 2 rings (SSSR count). The Kier molecular flexibility index (Phi) is 4.00. The van der Waals surface area contributed by atoms with E-state index in [-0.39, 0.29) is 0 Å². The first kappa shape index (κ1) is 12.4. The summed E-state index contributed by atoms with van der Waals surface area (Å²) >= 11 is 0. The highest BCUT2D eigenvalue weighted by atomic mass is 15.3. The van der Waals surface area contributed by atoms with Crippen molar-refractivity contribution in [3.05, 3.63) is 23.9 Å². The fourth-order valence-corrected chi connectivity index (χ4v) is 2.28. The molecule has 0 aliphatic carbocycles. The molecule has 0 unspecified atom stereocenters. The summed E-state index contributed by atoms with van der Waals surface area (Å²) in [6, 6.07) is 5.01. The second-order valence-electron chi connectivity index (χ2n) is 4.99. The van der Waals surface area contributed by atoms with Crippen LogP contribution in [0.2, 0.25) is 0 Å². The lowest BCUT2D eigenvalue weighted by molar-refractivity contribution is 0.209. The minimum Gasteiger partial charge on any atom is -0.354 e. The van der Waals surface area contributed by atoms with Crippen LogP contribution in [0.4, 0.5) is 5.82 Å². The van der Waals surface area contributed by atoms with Crippen LogP contribution < -0.4 is 4.90 Å². The SMILES string of the molecule is CCc1ccc(N2CCN(C(C)C)CC2)nc1. The topological polar surface area (TPSA) is 19.4 Å². The van der Waals surface area contributed by atoms with Crippen LogP contribution in [0.25, 0.3) is 0 Å². The van der Waals surface area contributed by atoms with Crippen molar-refractivity contribution in [1.29, 1.82) is 0 Å². The lowest BCUT2D eigenvalue weighted by Crippen LogP contribution is -2.49. The van der Waals surface area contributed by atoms with Gasteiger partial charge in [0.25, 0.3) is 0 Å². The minimum atomic E-state index is 0.660. The predicted octanol–water partition coefficient (Wildman–Crippen LogP) is 2.17. The summed E-state index contributed by atoms with van der Waals surface area (Å²) in [5, 5.41) is 0. The highest BCUT2D eigenvalue weighted by Gasteiger charge is 2.19. The van der Waals surface area contributed by atoms with Crippen molar-refractivity contribution in [1.82, 2.24) is 9.88 Å². The van der Waals surface area contributed by atoms with Crippen molar-refractivity contribution < 1.29 is 0 Å². The highest BCUT2D eigenvalue weighted by molar-refractivity contribution is 5.39. The lowest BCUT2D eigenvalue weighted by Gasteiger charge is -2.37. The minimum absolute atomic E-state index is 0.660. The van der Waals surface area contributed by atoms with Crippen LogP contribution in [0.3, 0.4) is 0 Å². The van der Waals surface area contributed by atoms with Gasteiger partial charge >= 0.3 is 0 Å². The second kappa shape index (κ2) is 5.50. The van der Waals surface area contributed by atoms with E-state index in [1.807, 2.05) is 6.20 Å². The Hall–Kier alpha value is -1.09. The number of hydrogen-bond acceptors (Lipinski definition) is 3. The Labute approximate surface area is 104 Å². The molecule has 0 bridgehead atoms. The van der Waals surface area contributed by atoms with Gasteiger partial charge in [0.1, 0.15) is 5.82 Å². The van der Waals surface area contributed by atoms with Crippen molar-refractivity contribution in [3.63, 3.8) is 0 Å². The molecular formula is C14H23N3. The predicted molar refractivity (Wildman–Crippen MR) is 72.5 cm³/mol. The number of anilines is 1. The third-order valence-electron chi connectivity index (χ3n) is 3.59. The van der Waals surface area contributed by atoms with Gasteiger partial charge in [0.2, 0.25) is 0 Å². The van der Waals surface area contributed by atoms with E-state index in [0.717, 1.165) is 38.4 Å². The molecule has 0 atom stereocenters. The van der Waals surface area contributed by atoms with Crippen molar-refractivity contribution >= 4 is 5.82 Å². The number of pyridine rings is 1. The zero-order valence-electron chi connectivity index (χ0n) is 11.2. The molecule has 0 saturated carbocycles. The average Bonchev–Trinajstić information content (AvgIpc) is 2.39. The zero-order chi connectivity index (χ0) is 12.3. The molecule has 1 aliphatic heterocycles. The molecule has 2 heterocycles. The molecule has 1 aliphatic rings. The zero-order valence-corrected chi connectivity index (χ0v) is 11.2. The smallest absolute Gasteiger partial charge is 0.128 e. The Morgan fingerprint density at radius 1 is 1.18 bits per heavy atom. The van der Waals surface area contributed by atoms with Crippen LogP contribution in [0, 0.1) is 0 Å². The molecule has 0 amide bonds. The standard InChI is InChI=1S/C14H23N3/c1-4-13-5-6-14(15-11-13)17-9-7-16(8-10-17)12(2)3/h5-6,11-12H,4,7-10H2,1-3H3. The van der Waals surface area contributed by atoms with Crippen molar-refractivity contribution in [2.45, 2.75) is 33.2 Å². The molecule has 1 aromatic rings. The molecule has 94 valence electrons. The Balaban J connectivity index is 1.95. The summed E-state index contributed by atoms with van der Waals surface area (Å²) < 4.78 is 0. The highest BCUT2D eigenvalue weighted by Crippen LogP contribution is 2.15. The van der Waals surface area contributed by atoms with Crippen LogP contribution in [-0.4, -0.2) is 42.1 Å². The van der Waals surface area contributed by atoms with Gasteiger partial charge in [-0.2, -0.15) is 0 Å². The third-order valence-corrected chi connectivity index (χ3v) is 3.59. The van der Waals surface area contributed by atoms with Crippen LogP contribution in [0.1, 0.15) is 26.3 Å². The molecule has 0 radical (unpaired) electrons. The summed E-state index contributed by atoms with van der Waals surface area (Å²) in [7, 11) is 0. The van der Waals surface area contributed by atoms with E-state index < -0.39 is 0 Å². The Morgan fingerprint density at radius 3 is 2.35 bits per heavy atom. The lowest BCUT2D eigenvalue weighted by atomic mass is 10.2. The molecule has 3 nitrogen and oxygen atoms in total. The van der Waals surface area contributed by atoms with Crippen LogP contribution >= 0.6 is 0 Å². The molecule has 1 saturated heterocycles. The van der Waals surface area contributed by atoms with Gasteiger partial charge in [-0.1, -0.05) is 13.0 Å². The maximum absolute atomic E-state index is 4.55. The fourth-order valence-electron chi connectivity index (χ4n) is 2.28. The van der Waals surface area contributed by atoms with Crippen molar-refractivity contribution in [2.24, 2.45) is 0 Å². The van der Waals surface area contributed by atoms with Gasteiger partial charge in [0.05, 0.1) is 0 Å². The summed E-state index contributed by atoms with van der Waals surface area (Å²) in [5.74, 6) is 1.13. The maximum atomic E-state index is 4.55. The van der Waals surface area contributed by atoms with Gasteiger partial charge < -0.3 is 4.90 Å². The largest absolute Gasteiger partial charge is 0.354 e. The normalized spacial score (nSPS) is 17.8. The molecule has 17 heavy (non-hydrogen) atoms. The fraction of sp³-hybridized carbons (Fsp3) is 0.643. The maximum Gasteiger partial charge on any atom is 0.128 e. The van der Waals surface area contributed by atoms with E-state index in [9.17, 15) is 0 Å². The Bertz CT molecular complexity index is 337. The average molecular weight is 233 g/mol. The Morgan fingerprint density at radius 2 is 1.88 bits per heavy atom. The summed E-state index contributed by atoms with van der Waals surface area (Å²) in [5.41, 5.74) is 1.31. The van der Waals surface area contributed by atoms with E-state index >= 15 is 0 Å². The molecule has 3 heteroatoms. The monoisotopic (exact) mass is 233 g/mol. The number of aryl methyl sites for hydroxylation is 1. The first-order chi connectivity index (χ1) is 8.20. The van der Waals surface area contributed by atoms with Crippen LogP contribution in [0.15, 0.2) is 18.3 Å². The van der Waals surface area contributed by atoms with Gasteiger partial charge in [-0.15, -0.1) is 0 Å². The van der Waals surface area contributed by atoms with E-state index in [1.54, 1.807) is 0 Å². The number of hydrogen-bond donors (Lipinski definition) is 0. The van der Waals surface area contributed by atoms with Gasteiger partial charge in [-0.25, -0.2) is 4.98 Å². The third kappa shape index (κ3) is 2.97. The first-order valence-electron chi connectivity index (χ1n) is 6.64. The summed E-state index contributed by atoms with van der Waals surface area (Å²) in [6.45, 7) is 11.2.